The first-order chi connectivity index (χ1) is 15.9. The van der Waals surface area contributed by atoms with Gasteiger partial charge in [0, 0.05) is 24.9 Å². The van der Waals surface area contributed by atoms with Gasteiger partial charge in [-0.25, -0.2) is 0 Å². The summed E-state index contributed by atoms with van der Waals surface area (Å²) in [4.78, 5) is 16.1. The third kappa shape index (κ3) is 3.68. The van der Waals surface area contributed by atoms with Crippen LogP contribution in [0.1, 0.15) is 89.5 Å². The van der Waals surface area contributed by atoms with Crippen molar-refractivity contribution in [2.24, 2.45) is 40.9 Å². The number of hydrogen-bond acceptors (Lipinski definition) is 2. The molecule has 5 fully saturated rings. The second-order valence-electron chi connectivity index (χ2n) is 13.0. The first-order valence-electron chi connectivity index (χ1n) is 13.9. The number of hydrogen-bond donors (Lipinski definition) is 1. The molecule has 1 amide bonds. The van der Waals surface area contributed by atoms with E-state index in [4.69, 9.17) is 0 Å². The van der Waals surface area contributed by atoms with Crippen molar-refractivity contribution in [1.29, 1.82) is 0 Å². The van der Waals surface area contributed by atoms with E-state index in [1.807, 2.05) is 0 Å². The van der Waals surface area contributed by atoms with Gasteiger partial charge in [-0.15, -0.1) is 0 Å². The van der Waals surface area contributed by atoms with E-state index in [0.717, 1.165) is 68.4 Å². The maximum atomic E-state index is 13.8. The van der Waals surface area contributed by atoms with E-state index in [0.29, 0.717) is 11.8 Å². The topological polar surface area (TPSA) is 40.5 Å². The highest BCUT2D eigenvalue weighted by atomic mass is 16.3. The lowest BCUT2D eigenvalue weighted by Crippen LogP contribution is -2.52. The molecule has 1 aromatic carbocycles. The molecule has 33 heavy (non-hydrogen) atoms. The Morgan fingerprint density at radius 1 is 0.909 bits per heavy atom. The molecular formula is C30H43NO2. The van der Waals surface area contributed by atoms with Crippen LogP contribution in [0.3, 0.4) is 0 Å². The van der Waals surface area contributed by atoms with E-state index in [1.165, 1.54) is 44.1 Å². The molecule has 180 valence electrons. The summed E-state index contributed by atoms with van der Waals surface area (Å²) in [6.45, 7) is 6.40. The van der Waals surface area contributed by atoms with E-state index < -0.39 is 5.60 Å². The molecule has 4 aliphatic carbocycles. The van der Waals surface area contributed by atoms with Gasteiger partial charge < -0.3 is 10.0 Å². The number of rotatable bonds is 2. The smallest absolute Gasteiger partial charge is 0.226 e. The predicted molar refractivity (Wildman–Crippen MR) is 132 cm³/mol. The van der Waals surface area contributed by atoms with Crippen LogP contribution in [0.2, 0.25) is 0 Å². The Kier molecular flexibility index (Phi) is 5.44. The molecule has 0 spiro atoms. The maximum absolute atomic E-state index is 13.8. The number of likely N-dealkylation sites (tertiary alicyclic amines) is 1. The first-order valence-corrected chi connectivity index (χ1v) is 13.9. The molecule has 6 rings (SSSR count). The van der Waals surface area contributed by atoms with Crippen molar-refractivity contribution in [3.63, 3.8) is 0 Å². The van der Waals surface area contributed by atoms with E-state index in [-0.39, 0.29) is 11.3 Å². The van der Waals surface area contributed by atoms with Crippen LogP contribution in [0.25, 0.3) is 0 Å². The van der Waals surface area contributed by atoms with E-state index in [2.05, 4.69) is 49.1 Å². The van der Waals surface area contributed by atoms with Crippen LogP contribution in [-0.2, 0) is 4.79 Å². The summed E-state index contributed by atoms with van der Waals surface area (Å²) in [6.07, 6.45) is 11.9. The lowest BCUT2D eigenvalue weighted by atomic mass is 9.49. The Hall–Kier alpha value is -1.35. The van der Waals surface area contributed by atoms with Crippen molar-refractivity contribution in [2.75, 3.05) is 13.1 Å². The highest BCUT2D eigenvalue weighted by molar-refractivity contribution is 5.80. The van der Waals surface area contributed by atoms with Gasteiger partial charge in [0.05, 0.1) is 5.60 Å². The highest BCUT2D eigenvalue weighted by Crippen LogP contribution is 2.64. The van der Waals surface area contributed by atoms with Crippen LogP contribution in [0.4, 0.5) is 0 Å². The molecule has 5 aliphatic rings. The number of nitrogens with zero attached hydrogens (tertiary/aromatic N) is 1. The van der Waals surface area contributed by atoms with Crippen molar-refractivity contribution in [1.82, 2.24) is 4.90 Å². The van der Waals surface area contributed by atoms with E-state index in [9.17, 15) is 9.90 Å². The van der Waals surface area contributed by atoms with Gasteiger partial charge in [0.1, 0.15) is 0 Å². The van der Waals surface area contributed by atoms with Crippen LogP contribution in [0, 0.1) is 40.9 Å². The molecule has 1 heterocycles. The minimum atomic E-state index is -0.435. The number of benzene rings is 1. The van der Waals surface area contributed by atoms with Gasteiger partial charge in [-0.05, 0) is 112 Å². The van der Waals surface area contributed by atoms with Crippen LogP contribution in [-0.4, -0.2) is 34.6 Å². The quantitative estimate of drug-likeness (QED) is 0.599. The molecule has 3 heteroatoms. The zero-order valence-electron chi connectivity index (χ0n) is 20.7. The van der Waals surface area contributed by atoms with Gasteiger partial charge in [0.15, 0.2) is 0 Å². The summed E-state index contributed by atoms with van der Waals surface area (Å²) in [5.74, 6) is 5.19. The third-order valence-corrected chi connectivity index (χ3v) is 11.3. The van der Waals surface area contributed by atoms with Crippen LogP contribution < -0.4 is 0 Å². The minimum Gasteiger partial charge on any atom is -0.390 e. The molecule has 3 nitrogen and oxygen atoms in total. The van der Waals surface area contributed by atoms with E-state index >= 15 is 0 Å². The normalized spacial score (nSPS) is 47.0. The van der Waals surface area contributed by atoms with Gasteiger partial charge in [0.25, 0.3) is 0 Å². The molecule has 1 N–H and O–H groups in total. The van der Waals surface area contributed by atoms with Crippen molar-refractivity contribution < 1.29 is 9.90 Å². The number of carbonyl (C=O) groups is 1. The Morgan fingerprint density at radius 2 is 1.70 bits per heavy atom. The van der Waals surface area contributed by atoms with E-state index in [1.54, 1.807) is 0 Å². The number of fused-ring (bicyclic) bond motifs is 5. The summed E-state index contributed by atoms with van der Waals surface area (Å²) < 4.78 is 0. The van der Waals surface area contributed by atoms with Crippen molar-refractivity contribution in [3.8, 4) is 0 Å². The predicted octanol–water partition coefficient (Wildman–Crippen LogP) is 6.02. The van der Waals surface area contributed by atoms with Crippen molar-refractivity contribution in [2.45, 2.75) is 89.6 Å². The number of carbonyl (C=O) groups excluding carboxylic acids is 1. The molecule has 0 unspecified atom stereocenters. The summed E-state index contributed by atoms with van der Waals surface area (Å²) in [5, 5.41) is 10.6. The monoisotopic (exact) mass is 449 g/mol. The fourth-order valence-corrected chi connectivity index (χ4v) is 9.67. The number of amides is 1. The fourth-order valence-electron chi connectivity index (χ4n) is 9.67. The van der Waals surface area contributed by atoms with Gasteiger partial charge in [0.2, 0.25) is 5.91 Å². The van der Waals surface area contributed by atoms with Crippen molar-refractivity contribution in [3.05, 3.63) is 35.9 Å². The lowest BCUT2D eigenvalue weighted by molar-refractivity contribution is -0.143. The largest absolute Gasteiger partial charge is 0.390 e. The fraction of sp³-hybridized carbons (Fsp3) is 0.767. The molecule has 0 bridgehead atoms. The zero-order valence-corrected chi connectivity index (χ0v) is 20.7. The second-order valence-corrected chi connectivity index (χ2v) is 13.0. The molecule has 1 aliphatic heterocycles. The summed E-state index contributed by atoms with van der Waals surface area (Å²) in [7, 11) is 0. The molecule has 1 aromatic rings. The SMILES string of the molecule is C[C@@]1(O)CC[C@H]2[C@H](CC[C@@H]3[C@@H]2CC[C@]2(C)[C@@H](C(=O)N4CC[C@@H](c5ccccc5)C4)CC[C@@H]32)C1. The Labute approximate surface area is 200 Å². The minimum absolute atomic E-state index is 0.204. The molecule has 0 radical (unpaired) electrons. The third-order valence-electron chi connectivity index (χ3n) is 11.3. The molecular weight excluding hydrogens is 406 g/mol. The van der Waals surface area contributed by atoms with Crippen LogP contribution in [0.5, 0.6) is 0 Å². The lowest BCUT2D eigenvalue weighted by Gasteiger charge is -2.57. The Balaban J connectivity index is 1.15. The maximum Gasteiger partial charge on any atom is 0.226 e. The van der Waals surface area contributed by atoms with Gasteiger partial charge in [-0.3, -0.25) is 4.79 Å². The highest BCUT2D eigenvalue weighted by Gasteiger charge is 2.59. The Morgan fingerprint density at radius 3 is 2.52 bits per heavy atom. The van der Waals surface area contributed by atoms with Gasteiger partial charge in [-0.2, -0.15) is 0 Å². The standard InChI is InChI=1S/C30H43NO2/c1-29(33)15-12-23-21(18-29)8-9-25-24(23)13-16-30(2)26(25)10-11-27(30)28(32)31-17-14-22(19-31)20-6-4-3-5-7-20/h3-7,21-27,33H,8-19H2,1-2H3/t21-,22-,23+,24-,25-,26+,27-,29-,30+/m1/s1. The van der Waals surface area contributed by atoms with Crippen LogP contribution >= 0.6 is 0 Å². The van der Waals surface area contributed by atoms with Gasteiger partial charge >= 0.3 is 0 Å². The second kappa shape index (κ2) is 8.11. The van der Waals surface area contributed by atoms with Crippen molar-refractivity contribution >= 4 is 5.91 Å². The average Bonchev–Trinajstić information content (AvgIpc) is 3.43. The summed E-state index contributed by atoms with van der Waals surface area (Å²) >= 11 is 0. The molecule has 4 saturated carbocycles. The first kappa shape index (κ1) is 22.1. The molecule has 9 atom stereocenters. The molecule has 1 saturated heterocycles. The van der Waals surface area contributed by atoms with Crippen LogP contribution in [0.15, 0.2) is 30.3 Å². The average molecular weight is 450 g/mol. The summed E-state index contributed by atoms with van der Waals surface area (Å²) in [5.41, 5.74) is 1.16. The summed E-state index contributed by atoms with van der Waals surface area (Å²) in [6, 6.07) is 10.8. The molecule has 0 aromatic heterocycles. The zero-order chi connectivity index (χ0) is 22.8. The Bertz CT molecular complexity index is 881. The van der Waals surface area contributed by atoms with Gasteiger partial charge in [-0.1, -0.05) is 37.3 Å². The number of aliphatic hydroxyl groups is 1.